The molecule has 0 bridgehead atoms. The Morgan fingerprint density at radius 1 is 0.741 bits per heavy atom. The van der Waals surface area contributed by atoms with E-state index in [1.54, 1.807) is 0 Å². The van der Waals surface area contributed by atoms with Gasteiger partial charge in [0.05, 0.1) is 20.1 Å². The van der Waals surface area contributed by atoms with Gasteiger partial charge >= 0.3 is 0 Å². The number of thioether (sulfide) groups is 1. The molecule has 0 amide bonds. The van der Waals surface area contributed by atoms with Crippen LogP contribution in [0.5, 0.6) is 0 Å². The van der Waals surface area contributed by atoms with Gasteiger partial charge in [0.15, 0.2) is 0 Å². The van der Waals surface area contributed by atoms with Gasteiger partial charge in [-0.25, -0.2) is 0 Å². The minimum atomic E-state index is -0.107. The average Bonchev–Trinajstić information content (AvgIpc) is 3.07. The van der Waals surface area contributed by atoms with Crippen LogP contribution < -0.4 is 0 Å². The maximum Gasteiger partial charge on any atom is 0.112 e. The first-order chi connectivity index (χ1) is 13.2. The number of rotatable bonds is 19. The molecule has 162 valence electrons. The van der Waals surface area contributed by atoms with Crippen molar-refractivity contribution in [3.8, 4) is 0 Å². The molecule has 2 nitrogen and oxygen atoms in total. The van der Waals surface area contributed by atoms with Crippen LogP contribution in [0.1, 0.15) is 110 Å². The summed E-state index contributed by atoms with van der Waals surface area (Å²) in [6.45, 7) is 5.79. The van der Waals surface area contributed by atoms with Crippen LogP contribution in [0.3, 0.4) is 0 Å². The lowest BCUT2D eigenvalue weighted by atomic mass is 10.0. The summed E-state index contributed by atoms with van der Waals surface area (Å²) < 4.78 is 1.10. The number of unbranched alkanes of at least 4 members (excludes halogenated alkanes) is 13. The SMILES string of the molecule is CCCCCCCCCCCCCCCCSCC(O)C[N+]1(C)CCCC1. The van der Waals surface area contributed by atoms with E-state index in [0.29, 0.717) is 0 Å². The largest absolute Gasteiger partial charge is 0.386 e. The van der Waals surface area contributed by atoms with Crippen molar-refractivity contribution in [1.82, 2.24) is 0 Å². The lowest BCUT2D eigenvalue weighted by Crippen LogP contribution is -2.47. The Morgan fingerprint density at radius 2 is 1.19 bits per heavy atom. The highest BCUT2D eigenvalue weighted by atomic mass is 32.2. The Kier molecular flexibility index (Phi) is 16.1. The highest BCUT2D eigenvalue weighted by Crippen LogP contribution is 2.19. The molecule has 1 unspecified atom stereocenters. The zero-order valence-corrected chi connectivity index (χ0v) is 19.5. The van der Waals surface area contributed by atoms with E-state index in [9.17, 15) is 5.11 Å². The van der Waals surface area contributed by atoms with Gasteiger partial charge in [0.25, 0.3) is 0 Å². The smallest absolute Gasteiger partial charge is 0.112 e. The molecule has 0 radical (unpaired) electrons. The molecule has 0 aromatic carbocycles. The quantitative estimate of drug-likeness (QED) is 0.190. The zero-order valence-electron chi connectivity index (χ0n) is 18.7. The Morgan fingerprint density at radius 3 is 1.67 bits per heavy atom. The molecule has 1 aliphatic heterocycles. The monoisotopic (exact) mass is 400 g/mol. The van der Waals surface area contributed by atoms with Gasteiger partial charge in [-0.3, -0.25) is 0 Å². The van der Waals surface area contributed by atoms with Crippen molar-refractivity contribution in [2.75, 3.05) is 38.2 Å². The summed E-state index contributed by atoms with van der Waals surface area (Å²) in [5.41, 5.74) is 0. The molecule has 1 fully saturated rings. The fourth-order valence-electron chi connectivity index (χ4n) is 4.46. The molecule has 0 spiro atoms. The van der Waals surface area contributed by atoms with E-state index in [-0.39, 0.29) is 6.10 Å². The summed E-state index contributed by atoms with van der Waals surface area (Å²) in [5.74, 6) is 2.17. The Hall–Kier alpha value is 0.270. The molecule has 0 aromatic heterocycles. The second-order valence-electron chi connectivity index (χ2n) is 9.28. The van der Waals surface area contributed by atoms with E-state index in [1.165, 1.54) is 122 Å². The van der Waals surface area contributed by atoms with Gasteiger partial charge in [-0.2, -0.15) is 11.8 Å². The van der Waals surface area contributed by atoms with Crippen molar-refractivity contribution in [2.24, 2.45) is 0 Å². The first-order valence-corrected chi connectivity index (χ1v) is 13.4. The van der Waals surface area contributed by atoms with Crippen LogP contribution >= 0.6 is 11.8 Å². The standard InChI is InChI=1S/C24H50NOS/c1-3-4-5-6-7-8-9-10-11-12-13-14-15-18-21-27-23-24(26)22-25(2)19-16-17-20-25/h24,26H,3-23H2,1-2H3/q+1. The molecular weight excluding hydrogens is 350 g/mol. The van der Waals surface area contributed by atoms with Crippen LogP contribution in [0.25, 0.3) is 0 Å². The molecule has 1 aliphatic rings. The first kappa shape index (κ1) is 25.3. The van der Waals surface area contributed by atoms with Gasteiger partial charge in [0.2, 0.25) is 0 Å². The van der Waals surface area contributed by atoms with Crippen molar-refractivity contribution in [3.05, 3.63) is 0 Å². The number of likely N-dealkylation sites (N-methyl/N-ethyl adjacent to an activating group) is 1. The van der Waals surface area contributed by atoms with Crippen LogP contribution in [0.2, 0.25) is 0 Å². The molecule has 27 heavy (non-hydrogen) atoms. The summed E-state index contributed by atoms with van der Waals surface area (Å²) in [6, 6.07) is 0. The zero-order chi connectivity index (χ0) is 19.6. The van der Waals surface area contributed by atoms with E-state index >= 15 is 0 Å². The lowest BCUT2D eigenvalue weighted by Gasteiger charge is -2.31. The number of nitrogens with zero attached hydrogens (tertiary/aromatic N) is 1. The van der Waals surface area contributed by atoms with Crippen molar-refractivity contribution < 1.29 is 9.59 Å². The number of aliphatic hydroxyl groups is 1. The molecule has 1 heterocycles. The average molecular weight is 401 g/mol. The summed E-state index contributed by atoms with van der Waals surface area (Å²) in [5, 5.41) is 10.3. The normalized spacial score (nSPS) is 17.4. The van der Waals surface area contributed by atoms with E-state index < -0.39 is 0 Å². The number of hydrogen-bond donors (Lipinski definition) is 1. The molecule has 1 N–H and O–H groups in total. The summed E-state index contributed by atoms with van der Waals surface area (Å²) in [4.78, 5) is 0. The lowest BCUT2D eigenvalue weighted by molar-refractivity contribution is -0.900. The molecule has 0 aliphatic carbocycles. The molecule has 1 saturated heterocycles. The van der Waals surface area contributed by atoms with Crippen molar-refractivity contribution in [2.45, 2.75) is 116 Å². The first-order valence-electron chi connectivity index (χ1n) is 12.3. The molecule has 0 saturated carbocycles. The molecule has 1 rings (SSSR count). The van der Waals surface area contributed by atoms with Gasteiger partial charge < -0.3 is 9.59 Å². The van der Waals surface area contributed by atoms with E-state index in [0.717, 1.165) is 16.8 Å². The summed E-state index contributed by atoms with van der Waals surface area (Å²) in [7, 11) is 2.31. The summed E-state index contributed by atoms with van der Waals surface area (Å²) >= 11 is 1.97. The van der Waals surface area contributed by atoms with E-state index in [1.807, 2.05) is 11.8 Å². The predicted octanol–water partition coefficient (Wildman–Crippen LogP) is 6.80. The second-order valence-corrected chi connectivity index (χ2v) is 10.4. The van der Waals surface area contributed by atoms with Crippen LogP contribution in [0, 0.1) is 0 Å². The second kappa shape index (κ2) is 17.2. The Bertz CT molecular complexity index is 318. The topological polar surface area (TPSA) is 20.2 Å². The van der Waals surface area contributed by atoms with Crippen LogP contribution in [-0.4, -0.2) is 53.9 Å². The number of aliphatic hydroxyl groups excluding tert-OH is 1. The highest BCUT2D eigenvalue weighted by Gasteiger charge is 2.29. The van der Waals surface area contributed by atoms with Gasteiger partial charge in [-0.15, -0.1) is 0 Å². The van der Waals surface area contributed by atoms with Crippen LogP contribution in [0.15, 0.2) is 0 Å². The van der Waals surface area contributed by atoms with Crippen LogP contribution in [-0.2, 0) is 0 Å². The molecular formula is C24H50NOS+. The predicted molar refractivity (Wildman–Crippen MR) is 124 cm³/mol. The van der Waals surface area contributed by atoms with Gasteiger partial charge in [-0.05, 0) is 12.2 Å². The fraction of sp³-hybridized carbons (Fsp3) is 1.00. The van der Waals surface area contributed by atoms with E-state index in [2.05, 4.69) is 14.0 Å². The van der Waals surface area contributed by atoms with Gasteiger partial charge in [0, 0.05) is 18.6 Å². The third-order valence-corrected chi connectivity index (χ3v) is 7.45. The maximum absolute atomic E-state index is 10.3. The number of quaternary nitrogens is 1. The van der Waals surface area contributed by atoms with Gasteiger partial charge in [-0.1, -0.05) is 90.4 Å². The number of hydrogen-bond acceptors (Lipinski definition) is 2. The minimum Gasteiger partial charge on any atom is -0.386 e. The third-order valence-electron chi connectivity index (χ3n) is 6.25. The minimum absolute atomic E-state index is 0.107. The van der Waals surface area contributed by atoms with E-state index in [4.69, 9.17) is 0 Å². The van der Waals surface area contributed by atoms with Gasteiger partial charge in [0.1, 0.15) is 12.6 Å². The van der Waals surface area contributed by atoms with Crippen molar-refractivity contribution >= 4 is 11.8 Å². The molecule has 0 aromatic rings. The summed E-state index contributed by atoms with van der Waals surface area (Å²) in [6.07, 6.45) is 22.6. The maximum atomic E-state index is 10.3. The van der Waals surface area contributed by atoms with Crippen molar-refractivity contribution in [1.29, 1.82) is 0 Å². The third kappa shape index (κ3) is 14.9. The Balaban J connectivity index is 1.74. The van der Waals surface area contributed by atoms with Crippen molar-refractivity contribution in [3.63, 3.8) is 0 Å². The fourth-order valence-corrected chi connectivity index (χ4v) is 5.41. The Labute approximate surface area is 175 Å². The molecule has 3 heteroatoms. The van der Waals surface area contributed by atoms with Crippen LogP contribution in [0.4, 0.5) is 0 Å². The highest BCUT2D eigenvalue weighted by molar-refractivity contribution is 7.99. The number of likely N-dealkylation sites (tertiary alicyclic amines) is 1. The molecule has 1 atom stereocenters.